The lowest BCUT2D eigenvalue weighted by Crippen LogP contribution is -2.06. The highest BCUT2D eigenvalue weighted by Gasteiger charge is 2.04. The van der Waals surface area contributed by atoms with Crippen LogP contribution < -0.4 is 0 Å². The monoisotopic (exact) mass is 322 g/mol. The quantitative estimate of drug-likeness (QED) is 0.313. The van der Waals surface area contributed by atoms with Crippen LogP contribution in [0.2, 0.25) is 0 Å². The van der Waals surface area contributed by atoms with Gasteiger partial charge in [0.1, 0.15) is 0 Å². The molecule has 0 aromatic heterocycles. The Kier molecular flexibility index (Phi) is 16.0. The second kappa shape index (κ2) is 17.0. The zero-order chi connectivity index (χ0) is 17.2. The Labute approximate surface area is 141 Å². The first-order valence-electron chi connectivity index (χ1n) is 9.01. The van der Waals surface area contributed by atoms with Gasteiger partial charge in [-0.25, -0.2) is 0 Å². The summed E-state index contributed by atoms with van der Waals surface area (Å²) in [7, 11) is 0. The number of aliphatic hydroxyl groups excluding tert-OH is 1. The predicted octanol–water partition coefficient (Wildman–Crippen LogP) is 5.41. The molecule has 0 bridgehead atoms. The van der Waals surface area contributed by atoms with Crippen molar-refractivity contribution in [3.05, 3.63) is 36.5 Å². The summed E-state index contributed by atoms with van der Waals surface area (Å²) in [5.74, 6) is -0.792. The summed E-state index contributed by atoms with van der Waals surface area (Å²) in [5, 5.41) is 18.2. The average Bonchev–Trinajstić information content (AvgIpc) is 2.51. The molecule has 0 rings (SSSR count). The van der Waals surface area contributed by atoms with Crippen molar-refractivity contribution in [2.45, 2.75) is 83.7 Å². The van der Waals surface area contributed by atoms with Crippen LogP contribution >= 0.6 is 0 Å². The topological polar surface area (TPSA) is 57.5 Å². The standard InChI is InChI=1S/C20H34O3/c1-2-3-4-5-6-7-8-9-10-11-12-13-14-16-19(21)17-15-18-20(22)23/h6-7,9-10,12-13,19,21H,2-5,8,11,14-18H2,1H3,(H,22,23)/b7-6-,10-9-,13-12-/t19-/m1/s1. The van der Waals surface area contributed by atoms with Gasteiger partial charge in [-0.05, 0) is 51.4 Å². The number of aliphatic carboxylic acids is 1. The van der Waals surface area contributed by atoms with Crippen molar-refractivity contribution < 1.29 is 15.0 Å². The summed E-state index contributed by atoms with van der Waals surface area (Å²) in [6.45, 7) is 2.22. The van der Waals surface area contributed by atoms with E-state index >= 15 is 0 Å². The van der Waals surface area contributed by atoms with Crippen LogP contribution in [0.1, 0.15) is 77.6 Å². The number of unbranched alkanes of at least 4 members (excludes halogenated alkanes) is 3. The zero-order valence-corrected chi connectivity index (χ0v) is 14.6. The summed E-state index contributed by atoms with van der Waals surface area (Å²) >= 11 is 0. The molecule has 0 unspecified atom stereocenters. The summed E-state index contributed by atoms with van der Waals surface area (Å²) < 4.78 is 0. The number of carbonyl (C=O) groups is 1. The Hall–Kier alpha value is -1.35. The molecule has 0 aliphatic heterocycles. The Bertz CT molecular complexity index is 356. The second-order valence-corrected chi connectivity index (χ2v) is 5.90. The second-order valence-electron chi connectivity index (χ2n) is 5.90. The molecule has 0 fully saturated rings. The zero-order valence-electron chi connectivity index (χ0n) is 14.6. The molecule has 0 aromatic rings. The number of carboxylic acids is 1. The normalized spacial score (nSPS) is 13.5. The molecule has 0 saturated heterocycles. The van der Waals surface area contributed by atoms with Gasteiger partial charge in [0.2, 0.25) is 0 Å². The third-order valence-electron chi connectivity index (χ3n) is 3.61. The van der Waals surface area contributed by atoms with Crippen molar-refractivity contribution in [1.82, 2.24) is 0 Å². The van der Waals surface area contributed by atoms with E-state index in [9.17, 15) is 9.90 Å². The molecule has 0 aliphatic rings. The molecular formula is C20H34O3. The molecule has 0 spiro atoms. The van der Waals surface area contributed by atoms with Gasteiger partial charge in [-0.3, -0.25) is 4.79 Å². The Morgan fingerprint density at radius 1 is 0.870 bits per heavy atom. The third kappa shape index (κ3) is 18.6. The summed E-state index contributed by atoms with van der Waals surface area (Å²) in [5.41, 5.74) is 0. The van der Waals surface area contributed by atoms with Gasteiger partial charge in [0, 0.05) is 6.42 Å². The molecule has 1 atom stereocenters. The van der Waals surface area contributed by atoms with Crippen molar-refractivity contribution in [3.63, 3.8) is 0 Å². The molecule has 23 heavy (non-hydrogen) atoms. The van der Waals surface area contributed by atoms with Crippen LogP contribution in [0.15, 0.2) is 36.5 Å². The molecule has 0 heterocycles. The van der Waals surface area contributed by atoms with E-state index in [1.54, 1.807) is 0 Å². The minimum absolute atomic E-state index is 0.144. The lowest BCUT2D eigenvalue weighted by Gasteiger charge is -2.07. The molecule has 0 aliphatic carbocycles. The van der Waals surface area contributed by atoms with Crippen LogP contribution in [0.5, 0.6) is 0 Å². The van der Waals surface area contributed by atoms with Gasteiger partial charge in [0.25, 0.3) is 0 Å². The fraction of sp³-hybridized carbons (Fsp3) is 0.650. The van der Waals surface area contributed by atoms with Crippen molar-refractivity contribution >= 4 is 5.97 Å². The van der Waals surface area contributed by atoms with E-state index in [0.29, 0.717) is 19.3 Å². The summed E-state index contributed by atoms with van der Waals surface area (Å²) in [6, 6.07) is 0. The first-order valence-corrected chi connectivity index (χ1v) is 9.01. The highest BCUT2D eigenvalue weighted by molar-refractivity contribution is 5.66. The maximum Gasteiger partial charge on any atom is 0.303 e. The molecular weight excluding hydrogens is 288 g/mol. The molecule has 0 saturated carbocycles. The summed E-state index contributed by atoms with van der Waals surface area (Å²) in [4.78, 5) is 10.4. The minimum Gasteiger partial charge on any atom is -0.481 e. The van der Waals surface area contributed by atoms with Gasteiger partial charge in [0.15, 0.2) is 0 Å². The van der Waals surface area contributed by atoms with Crippen LogP contribution in [0.25, 0.3) is 0 Å². The van der Waals surface area contributed by atoms with Gasteiger partial charge >= 0.3 is 5.97 Å². The maximum absolute atomic E-state index is 10.4. The van der Waals surface area contributed by atoms with Gasteiger partial charge in [-0.15, -0.1) is 0 Å². The van der Waals surface area contributed by atoms with Gasteiger partial charge in [-0.1, -0.05) is 56.2 Å². The molecule has 0 amide bonds. The number of rotatable bonds is 15. The van der Waals surface area contributed by atoms with E-state index in [1.807, 2.05) is 0 Å². The van der Waals surface area contributed by atoms with E-state index in [0.717, 1.165) is 19.3 Å². The Morgan fingerprint density at radius 3 is 2.09 bits per heavy atom. The number of aliphatic hydroxyl groups is 1. The highest BCUT2D eigenvalue weighted by atomic mass is 16.4. The molecule has 0 radical (unpaired) electrons. The van der Waals surface area contributed by atoms with Crippen LogP contribution in [-0.2, 0) is 4.79 Å². The lowest BCUT2D eigenvalue weighted by molar-refractivity contribution is -0.137. The van der Waals surface area contributed by atoms with Crippen molar-refractivity contribution in [2.24, 2.45) is 0 Å². The van der Waals surface area contributed by atoms with Gasteiger partial charge in [0.05, 0.1) is 6.10 Å². The highest BCUT2D eigenvalue weighted by Crippen LogP contribution is 2.07. The molecule has 132 valence electrons. The largest absolute Gasteiger partial charge is 0.481 e. The Morgan fingerprint density at radius 2 is 1.48 bits per heavy atom. The molecule has 2 N–H and O–H groups in total. The fourth-order valence-corrected chi connectivity index (χ4v) is 2.21. The van der Waals surface area contributed by atoms with Crippen molar-refractivity contribution in [2.75, 3.05) is 0 Å². The van der Waals surface area contributed by atoms with E-state index in [-0.39, 0.29) is 12.5 Å². The first kappa shape index (κ1) is 21.6. The van der Waals surface area contributed by atoms with E-state index in [1.165, 1.54) is 25.7 Å². The molecule has 3 heteroatoms. The van der Waals surface area contributed by atoms with E-state index in [4.69, 9.17) is 5.11 Å². The van der Waals surface area contributed by atoms with Crippen LogP contribution in [-0.4, -0.2) is 22.3 Å². The van der Waals surface area contributed by atoms with Gasteiger partial charge < -0.3 is 10.2 Å². The lowest BCUT2D eigenvalue weighted by atomic mass is 10.1. The molecule has 0 aromatic carbocycles. The van der Waals surface area contributed by atoms with Crippen LogP contribution in [0.3, 0.4) is 0 Å². The van der Waals surface area contributed by atoms with E-state index < -0.39 is 5.97 Å². The van der Waals surface area contributed by atoms with Crippen molar-refractivity contribution in [3.8, 4) is 0 Å². The Balaban J connectivity index is 3.45. The number of allylic oxidation sites excluding steroid dienone is 6. The van der Waals surface area contributed by atoms with Gasteiger partial charge in [-0.2, -0.15) is 0 Å². The fourth-order valence-electron chi connectivity index (χ4n) is 2.21. The maximum atomic E-state index is 10.4. The van der Waals surface area contributed by atoms with Crippen molar-refractivity contribution in [1.29, 1.82) is 0 Å². The minimum atomic E-state index is -0.792. The predicted molar refractivity (Wildman–Crippen MR) is 97.5 cm³/mol. The number of hydrogen-bond acceptors (Lipinski definition) is 2. The first-order chi connectivity index (χ1) is 11.2. The molecule has 3 nitrogen and oxygen atoms in total. The van der Waals surface area contributed by atoms with E-state index in [2.05, 4.69) is 43.4 Å². The summed E-state index contributed by atoms with van der Waals surface area (Å²) in [6.07, 6.45) is 22.5. The third-order valence-corrected chi connectivity index (χ3v) is 3.61. The van der Waals surface area contributed by atoms with Crippen LogP contribution in [0.4, 0.5) is 0 Å². The van der Waals surface area contributed by atoms with Crippen LogP contribution in [0, 0.1) is 0 Å². The SMILES string of the molecule is CCCCC/C=C\C/C=C\C/C=C\CC[C@@H](O)CCCC(=O)O. The number of carboxylic acid groups (broad SMARTS) is 1. The smallest absolute Gasteiger partial charge is 0.303 e. The average molecular weight is 322 g/mol. The number of hydrogen-bond donors (Lipinski definition) is 2.